The summed E-state index contributed by atoms with van der Waals surface area (Å²) in [5.41, 5.74) is 12.4. The average molecular weight is 307 g/mol. The van der Waals surface area contributed by atoms with E-state index in [1.807, 2.05) is 0 Å². The third-order valence-electron chi connectivity index (χ3n) is 2.21. The van der Waals surface area contributed by atoms with Crippen LogP contribution in [0.15, 0.2) is 41.4 Å². The summed E-state index contributed by atoms with van der Waals surface area (Å²) in [6, 6.07) is 0. The number of hydrogen-bond acceptors (Lipinski definition) is 7. The summed E-state index contributed by atoms with van der Waals surface area (Å²) < 4.78 is 0. The molecule has 8 heteroatoms. The monoisotopic (exact) mass is 306 g/mol. The summed E-state index contributed by atoms with van der Waals surface area (Å²) in [5, 5.41) is 3.11. The molecule has 0 aromatic carbocycles. The molecule has 0 saturated carbocycles. The van der Waals surface area contributed by atoms with E-state index in [1.54, 1.807) is 13.2 Å². The van der Waals surface area contributed by atoms with Gasteiger partial charge in [-0.2, -0.15) is 0 Å². The minimum Gasteiger partial charge on any atom is -0.404 e. The third kappa shape index (κ3) is 5.07. The molecule has 1 aromatic rings. The van der Waals surface area contributed by atoms with Crippen LogP contribution in [0.4, 0.5) is 5.95 Å². The van der Waals surface area contributed by atoms with E-state index in [-0.39, 0.29) is 5.95 Å². The van der Waals surface area contributed by atoms with Crippen molar-refractivity contribution in [1.29, 1.82) is 0 Å². The number of rotatable bonds is 6. The Morgan fingerprint density at radius 1 is 1.52 bits per heavy atom. The highest BCUT2D eigenvalue weighted by molar-refractivity contribution is 6.33. The first-order valence-corrected chi connectivity index (χ1v) is 6.23. The van der Waals surface area contributed by atoms with Crippen LogP contribution in [0, 0.1) is 0 Å². The first kappa shape index (κ1) is 16.4. The van der Waals surface area contributed by atoms with Crippen molar-refractivity contribution < 1.29 is 4.79 Å². The standard InChI is InChI=1S/C13H15ClN6O/c1-17-7-10(3-2-4-21)18-6-9(5-15)12-11(14)8-19-13(16)20-12/h2-8,17H,15H2,1H3,(H2,16,19,20)/b3-2-,9-5+,10-7+,18-6+. The maximum atomic E-state index is 10.3. The number of halogens is 1. The van der Waals surface area contributed by atoms with Gasteiger partial charge in [0, 0.05) is 31.2 Å². The smallest absolute Gasteiger partial charge is 0.220 e. The van der Waals surface area contributed by atoms with E-state index < -0.39 is 0 Å². The Kier molecular flexibility index (Phi) is 6.62. The van der Waals surface area contributed by atoms with Crippen molar-refractivity contribution in [3.05, 3.63) is 47.2 Å². The van der Waals surface area contributed by atoms with Gasteiger partial charge in [0.15, 0.2) is 0 Å². The lowest BCUT2D eigenvalue weighted by Crippen LogP contribution is -2.02. The molecule has 0 fully saturated rings. The van der Waals surface area contributed by atoms with Crippen molar-refractivity contribution in [2.45, 2.75) is 0 Å². The SMILES string of the molecule is CN/C=C(\C=C/C=O)/N=C/C(=C\N)c1nc(N)ncc1Cl. The molecule has 1 aromatic heterocycles. The van der Waals surface area contributed by atoms with Gasteiger partial charge in [-0.05, 0) is 12.2 Å². The van der Waals surface area contributed by atoms with Gasteiger partial charge in [-0.1, -0.05) is 11.6 Å². The molecule has 0 unspecified atom stereocenters. The second-order valence-electron chi connectivity index (χ2n) is 3.66. The van der Waals surface area contributed by atoms with Gasteiger partial charge in [-0.15, -0.1) is 0 Å². The van der Waals surface area contributed by atoms with Gasteiger partial charge in [0.25, 0.3) is 0 Å². The van der Waals surface area contributed by atoms with Crippen molar-refractivity contribution in [3.63, 3.8) is 0 Å². The topological polar surface area (TPSA) is 119 Å². The minimum absolute atomic E-state index is 0.0778. The average Bonchev–Trinajstić information content (AvgIpc) is 2.48. The van der Waals surface area contributed by atoms with Crippen molar-refractivity contribution in [2.75, 3.05) is 12.8 Å². The molecule has 0 aliphatic heterocycles. The number of nitrogens with two attached hydrogens (primary N) is 2. The van der Waals surface area contributed by atoms with Crippen LogP contribution in [-0.2, 0) is 4.79 Å². The van der Waals surface area contributed by atoms with Crippen molar-refractivity contribution in [1.82, 2.24) is 15.3 Å². The van der Waals surface area contributed by atoms with Gasteiger partial charge in [0.05, 0.1) is 22.6 Å². The molecule has 1 rings (SSSR count). The lowest BCUT2D eigenvalue weighted by Gasteiger charge is -2.04. The first-order chi connectivity index (χ1) is 10.1. The predicted molar refractivity (Wildman–Crippen MR) is 84.5 cm³/mol. The molecule has 110 valence electrons. The fourth-order valence-corrected chi connectivity index (χ4v) is 1.52. The van der Waals surface area contributed by atoms with E-state index in [2.05, 4.69) is 20.3 Å². The van der Waals surface area contributed by atoms with E-state index in [9.17, 15) is 4.79 Å². The molecule has 1 heterocycles. The van der Waals surface area contributed by atoms with Gasteiger partial charge in [-0.3, -0.25) is 9.79 Å². The van der Waals surface area contributed by atoms with Crippen LogP contribution < -0.4 is 16.8 Å². The molecule has 0 spiro atoms. The highest BCUT2D eigenvalue weighted by Gasteiger charge is 2.07. The summed E-state index contributed by atoms with van der Waals surface area (Å²) in [4.78, 5) is 22.3. The largest absolute Gasteiger partial charge is 0.404 e. The van der Waals surface area contributed by atoms with Crippen LogP contribution in [0.1, 0.15) is 5.69 Å². The zero-order chi connectivity index (χ0) is 15.7. The van der Waals surface area contributed by atoms with Gasteiger partial charge < -0.3 is 16.8 Å². The zero-order valence-corrected chi connectivity index (χ0v) is 12.1. The fourth-order valence-electron chi connectivity index (χ4n) is 1.32. The molecule has 21 heavy (non-hydrogen) atoms. The molecule has 0 radical (unpaired) electrons. The molecule has 0 atom stereocenters. The number of allylic oxidation sites excluding steroid dienone is 3. The van der Waals surface area contributed by atoms with Crippen LogP contribution in [0.5, 0.6) is 0 Å². The molecule has 5 N–H and O–H groups in total. The summed E-state index contributed by atoms with van der Waals surface area (Å²) >= 11 is 6.00. The molecular formula is C13H15ClN6O. The number of aromatic nitrogens is 2. The molecular weight excluding hydrogens is 292 g/mol. The van der Waals surface area contributed by atoms with Gasteiger partial charge in [0.2, 0.25) is 5.95 Å². The number of aliphatic imine (C=N–C) groups is 1. The maximum Gasteiger partial charge on any atom is 0.220 e. The zero-order valence-electron chi connectivity index (χ0n) is 11.3. The van der Waals surface area contributed by atoms with Crippen molar-refractivity contribution in [3.8, 4) is 0 Å². The number of nitrogen functional groups attached to an aromatic ring is 1. The van der Waals surface area contributed by atoms with E-state index in [1.165, 1.54) is 30.8 Å². The van der Waals surface area contributed by atoms with Crippen molar-refractivity contribution >= 4 is 35.6 Å². The number of carbonyl (C=O) groups excluding carboxylic acids is 1. The van der Waals surface area contributed by atoms with Gasteiger partial charge in [-0.25, -0.2) is 9.97 Å². The number of nitrogens with one attached hydrogen (secondary N) is 1. The Labute approximate surface area is 127 Å². The Morgan fingerprint density at radius 3 is 2.90 bits per heavy atom. The summed E-state index contributed by atoms with van der Waals surface area (Å²) in [7, 11) is 1.71. The summed E-state index contributed by atoms with van der Waals surface area (Å²) in [6.45, 7) is 0. The van der Waals surface area contributed by atoms with Gasteiger partial charge >= 0.3 is 0 Å². The van der Waals surface area contributed by atoms with Gasteiger partial charge in [0.1, 0.15) is 6.29 Å². The molecule has 0 saturated heterocycles. The highest BCUT2D eigenvalue weighted by atomic mass is 35.5. The Bertz CT molecular complexity index is 621. The molecule has 0 aliphatic carbocycles. The number of carbonyl (C=O) groups is 1. The van der Waals surface area contributed by atoms with Crippen LogP contribution >= 0.6 is 11.6 Å². The second kappa shape index (κ2) is 8.49. The summed E-state index contributed by atoms with van der Waals surface area (Å²) in [5.74, 6) is 0.0778. The maximum absolute atomic E-state index is 10.3. The normalized spacial score (nSPS) is 13.0. The van der Waals surface area contributed by atoms with Crippen LogP contribution in [0.2, 0.25) is 5.02 Å². The molecule has 7 nitrogen and oxygen atoms in total. The van der Waals surface area contributed by atoms with E-state index in [4.69, 9.17) is 23.1 Å². The lowest BCUT2D eigenvalue weighted by atomic mass is 10.2. The second-order valence-corrected chi connectivity index (χ2v) is 4.07. The first-order valence-electron chi connectivity index (χ1n) is 5.86. The van der Waals surface area contributed by atoms with E-state index in [0.29, 0.717) is 28.3 Å². The minimum atomic E-state index is 0.0778. The van der Waals surface area contributed by atoms with Crippen LogP contribution in [0.3, 0.4) is 0 Å². The van der Waals surface area contributed by atoms with Crippen LogP contribution in [-0.4, -0.2) is 29.5 Å². The van der Waals surface area contributed by atoms with Crippen molar-refractivity contribution in [2.24, 2.45) is 10.7 Å². The predicted octanol–water partition coefficient (Wildman–Crippen LogP) is 0.899. The third-order valence-corrected chi connectivity index (χ3v) is 2.48. The van der Waals surface area contributed by atoms with Crippen LogP contribution in [0.25, 0.3) is 5.57 Å². The number of hydrogen-bond donors (Lipinski definition) is 3. The summed E-state index contributed by atoms with van der Waals surface area (Å²) in [6.07, 6.45) is 9.27. The number of nitrogens with zero attached hydrogens (tertiary/aromatic N) is 3. The number of aldehydes is 1. The highest BCUT2D eigenvalue weighted by Crippen LogP contribution is 2.20. The molecule has 0 amide bonds. The lowest BCUT2D eigenvalue weighted by molar-refractivity contribution is -0.104. The molecule has 0 aliphatic rings. The fraction of sp³-hybridized carbons (Fsp3) is 0.0769. The Morgan fingerprint density at radius 2 is 2.29 bits per heavy atom. The number of anilines is 1. The Hall–Kier alpha value is -2.67. The molecule has 0 bridgehead atoms. The quantitative estimate of drug-likeness (QED) is 0.311. The van der Waals surface area contributed by atoms with E-state index >= 15 is 0 Å². The Balaban J connectivity index is 3.09. The van der Waals surface area contributed by atoms with E-state index in [0.717, 1.165) is 0 Å².